The fourth-order valence-corrected chi connectivity index (χ4v) is 1.34. The first kappa shape index (κ1) is 9.78. The molecule has 1 aromatic rings. The van der Waals surface area contributed by atoms with Crippen LogP contribution in [0, 0.1) is 0 Å². The van der Waals surface area contributed by atoms with Crippen LogP contribution in [0.4, 0.5) is 0 Å². The van der Waals surface area contributed by atoms with Crippen LogP contribution in [0.3, 0.4) is 0 Å². The first-order valence-corrected chi connectivity index (χ1v) is 4.36. The van der Waals surface area contributed by atoms with Crippen molar-refractivity contribution < 1.29 is 9.53 Å². The molecule has 0 saturated heterocycles. The van der Waals surface area contributed by atoms with Crippen molar-refractivity contribution in [2.45, 2.75) is 19.3 Å². The Morgan fingerprint density at radius 3 is 2.77 bits per heavy atom. The van der Waals surface area contributed by atoms with Gasteiger partial charge in [-0.1, -0.05) is 25.1 Å². The lowest BCUT2D eigenvalue weighted by atomic mass is 9.98. The molecule has 13 heavy (non-hydrogen) atoms. The van der Waals surface area contributed by atoms with Gasteiger partial charge in [-0.05, 0) is 17.5 Å². The minimum absolute atomic E-state index is 0.230. The number of hydrogen-bond donors (Lipinski definition) is 0. The molecule has 0 saturated carbocycles. The quantitative estimate of drug-likeness (QED) is 0.662. The monoisotopic (exact) mass is 178 g/mol. The molecule has 0 radical (unpaired) electrons. The van der Waals surface area contributed by atoms with Gasteiger partial charge in [-0.3, -0.25) is 0 Å². The Bertz CT molecular complexity index is 281. The van der Waals surface area contributed by atoms with Gasteiger partial charge in [-0.15, -0.1) is 0 Å². The minimum atomic E-state index is 0.230. The highest BCUT2D eigenvalue weighted by Gasteiger charge is 2.09. The predicted molar refractivity (Wildman–Crippen MR) is 52.1 cm³/mol. The zero-order chi connectivity index (χ0) is 9.68. The van der Waals surface area contributed by atoms with E-state index in [2.05, 4.69) is 0 Å². The zero-order valence-corrected chi connectivity index (χ0v) is 7.99. The van der Waals surface area contributed by atoms with Gasteiger partial charge in [-0.25, -0.2) is 0 Å². The molecule has 1 aromatic carbocycles. The predicted octanol–water partition coefficient (Wildman–Crippen LogP) is 2.39. The second-order valence-corrected chi connectivity index (χ2v) is 3.05. The van der Waals surface area contributed by atoms with E-state index in [-0.39, 0.29) is 5.92 Å². The summed E-state index contributed by atoms with van der Waals surface area (Å²) in [5, 5.41) is 0. The Kier molecular flexibility index (Phi) is 3.50. The maximum atomic E-state index is 10.3. The highest BCUT2D eigenvalue weighted by Crippen LogP contribution is 2.27. The summed E-state index contributed by atoms with van der Waals surface area (Å²) in [5.74, 6) is 1.09. The van der Waals surface area contributed by atoms with Crippen LogP contribution in [0.15, 0.2) is 24.3 Å². The number of carbonyl (C=O) groups excluding carboxylic acids is 1. The van der Waals surface area contributed by atoms with Gasteiger partial charge in [0.2, 0.25) is 0 Å². The molecule has 0 heterocycles. The summed E-state index contributed by atoms with van der Waals surface area (Å²) in [5.41, 5.74) is 1.09. The van der Waals surface area contributed by atoms with E-state index in [1.807, 2.05) is 31.2 Å². The molecular formula is C11H14O2. The van der Waals surface area contributed by atoms with Gasteiger partial charge in [0.25, 0.3) is 0 Å². The number of benzene rings is 1. The van der Waals surface area contributed by atoms with Gasteiger partial charge in [-0.2, -0.15) is 0 Å². The Labute approximate surface area is 78.5 Å². The van der Waals surface area contributed by atoms with Crippen molar-refractivity contribution in [3.63, 3.8) is 0 Å². The smallest absolute Gasteiger partial charge is 0.122 e. The van der Waals surface area contributed by atoms with Crippen LogP contribution < -0.4 is 4.74 Å². The van der Waals surface area contributed by atoms with E-state index in [4.69, 9.17) is 4.74 Å². The van der Waals surface area contributed by atoms with Gasteiger partial charge < -0.3 is 9.53 Å². The van der Waals surface area contributed by atoms with E-state index in [1.54, 1.807) is 7.11 Å². The van der Waals surface area contributed by atoms with Crippen molar-refractivity contribution in [3.05, 3.63) is 29.8 Å². The standard InChI is InChI=1S/C11H14O2/c1-9(7-8-12)10-5-3-4-6-11(10)13-2/h3-6,8-9H,7H2,1-2H3/t9-/m0/s1. The van der Waals surface area contributed by atoms with E-state index >= 15 is 0 Å². The number of carbonyl (C=O) groups is 1. The maximum Gasteiger partial charge on any atom is 0.122 e. The van der Waals surface area contributed by atoms with Crippen molar-refractivity contribution in [2.75, 3.05) is 7.11 Å². The average Bonchev–Trinajstić information content (AvgIpc) is 2.18. The number of ether oxygens (including phenoxy) is 1. The van der Waals surface area contributed by atoms with Crippen LogP contribution in [0.1, 0.15) is 24.8 Å². The van der Waals surface area contributed by atoms with Gasteiger partial charge in [0.15, 0.2) is 0 Å². The highest BCUT2D eigenvalue weighted by molar-refractivity contribution is 5.52. The number of aldehydes is 1. The Balaban J connectivity index is 2.91. The second kappa shape index (κ2) is 4.65. The summed E-state index contributed by atoms with van der Waals surface area (Å²) in [6.45, 7) is 2.02. The normalized spacial score (nSPS) is 12.2. The molecule has 0 aliphatic carbocycles. The first-order valence-electron chi connectivity index (χ1n) is 4.36. The molecule has 0 bridgehead atoms. The number of methoxy groups -OCH3 is 1. The van der Waals surface area contributed by atoms with Crippen LogP contribution in [0.25, 0.3) is 0 Å². The van der Waals surface area contributed by atoms with Crippen LogP contribution in [-0.2, 0) is 4.79 Å². The SMILES string of the molecule is COc1ccccc1[C@@H](C)CC=O. The molecule has 1 rings (SSSR count). The van der Waals surface area contributed by atoms with Crippen LogP contribution in [0.5, 0.6) is 5.75 Å². The van der Waals surface area contributed by atoms with Crippen molar-refractivity contribution in [2.24, 2.45) is 0 Å². The van der Waals surface area contributed by atoms with Crippen molar-refractivity contribution in [1.29, 1.82) is 0 Å². The van der Waals surface area contributed by atoms with E-state index in [1.165, 1.54) is 0 Å². The summed E-state index contributed by atoms with van der Waals surface area (Å²) in [4.78, 5) is 10.3. The Morgan fingerprint density at radius 1 is 1.46 bits per heavy atom. The van der Waals surface area contributed by atoms with E-state index in [9.17, 15) is 4.79 Å². The summed E-state index contributed by atoms with van der Waals surface area (Å²) < 4.78 is 5.20. The fourth-order valence-electron chi connectivity index (χ4n) is 1.34. The summed E-state index contributed by atoms with van der Waals surface area (Å²) >= 11 is 0. The molecule has 0 aliphatic heterocycles. The van der Waals surface area contributed by atoms with Crippen LogP contribution in [-0.4, -0.2) is 13.4 Å². The topological polar surface area (TPSA) is 26.3 Å². The molecule has 0 spiro atoms. The van der Waals surface area contributed by atoms with E-state index in [0.717, 1.165) is 17.6 Å². The zero-order valence-electron chi connectivity index (χ0n) is 7.99. The molecule has 2 heteroatoms. The highest BCUT2D eigenvalue weighted by atomic mass is 16.5. The van der Waals surface area contributed by atoms with Gasteiger partial charge >= 0.3 is 0 Å². The Hall–Kier alpha value is -1.31. The van der Waals surface area contributed by atoms with Gasteiger partial charge in [0.05, 0.1) is 7.11 Å². The number of rotatable bonds is 4. The van der Waals surface area contributed by atoms with Crippen molar-refractivity contribution in [3.8, 4) is 5.75 Å². The largest absolute Gasteiger partial charge is 0.496 e. The average molecular weight is 178 g/mol. The molecule has 0 fully saturated rings. The third-order valence-corrected chi connectivity index (χ3v) is 2.12. The lowest BCUT2D eigenvalue weighted by Crippen LogP contribution is -1.97. The molecule has 1 atom stereocenters. The summed E-state index contributed by atoms with van der Waals surface area (Å²) in [6.07, 6.45) is 1.48. The minimum Gasteiger partial charge on any atom is -0.496 e. The lowest BCUT2D eigenvalue weighted by molar-refractivity contribution is -0.108. The second-order valence-electron chi connectivity index (χ2n) is 3.05. The molecule has 0 aliphatic rings. The third kappa shape index (κ3) is 2.31. The molecule has 0 amide bonds. The third-order valence-electron chi connectivity index (χ3n) is 2.12. The molecule has 0 unspecified atom stereocenters. The number of para-hydroxylation sites is 1. The molecular weight excluding hydrogens is 164 g/mol. The summed E-state index contributed by atoms with van der Waals surface area (Å²) in [6, 6.07) is 7.79. The summed E-state index contributed by atoms with van der Waals surface area (Å²) in [7, 11) is 1.65. The lowest BCUT2D eigenvalue weighted by Gasteiger charge is -2.12. The van der Waals surface area contributed by atoms with Crippen molar-refractivity contribution >= 4 is 6.29 Å². The number of hydrogen-bond acceptors (Lipinski definition) is 2. The van der Waals surface area contributed by atoms with Crippen LogP contribution in [0.2, 0.25) is 0 Å². The first-order chi connectivity index (χ1) is 6.29. The van der Waals surface area contributed by atoms with E-state index < -0.39 is 0 Å². The van der Waals surface area contributed by atoms with Gasteiger partial charge in [0, 0.05) is 6.42 Å². The molecule has 0 N–H and O–H groups in total. The van der Waals surface area contributed by atoms with Crippen LogP contribution >= 0.6 is 0 Å². The van der Waals surface area contributed by atoms with E-state index in [0.29, 0.717) is 6.42 Å². The maximum absolute atomic E-state index is 10.3. The molecule has 0 aromatic heterocycles. The fraction of sp³-hybridized carbons (Fsp3) is 0.364. The van der Waals surface area contributed by atoms with Crippen molar-refractivity contribution in [1.82, 2.24) is 0 Å². The molecule has 2 nitrogen and oxygen atoms in total. The Morgan fingerprint density at radius 2 is 2.15 bits per heavy atom. The van der Waals surface area contributed by atoms with Gasteiger partial charge in [0.1, 0.15) is 12.0 Å². The molecule has 70 valence electrons.